The molecule has 2 aromatic carbocycles. The first kappa shape index (κ1) is 17.3. The van der Waals surface area contributed by atoms with Gasteiger partial charge in [-0.1, -0.05) is 24.3 Å². The standard InChI is InChI=1S/C21H22FN5/c1-16-14-20(25-21(23-16)24-18-7-5-6-17(22)15-18)27-12-10-26(11-13-27)19-8-3-2-4-9-19/h2-9,14-15H,10-13H2,1H3,(H,23,24,25). The molecule has 1 N–H and O–H groups in total. The van der Waals surface area contributed by atoms with Gasteiger partial charge in [0.15, 0.2) is 0 Å². The van der Waals surface area contributed by atoms with Gasteiger partial charge >= 0.3 is 0 Å². The molecule has 1 aromatic heterocycles. The molecule has 0 saturated carbocycles. The Bertz CT molecular complexity index is 907. The number of para-hydroxylation sites is 1. The zero-order valence-electron chi connectivity index (χ0n) is 15.3. The number of piperazine rings is 1. The number of benzene rings is 2. The van der Waals surface area contributed by atoms with Crippen LogP contribution in [0.25, 0.3) is 0 Å². The number of aromatic nitrogens is 2. The van der Waals surface area contributed by atoms with Gasteiger partial charge in [0, 0.05) is 49.3 Å². The Morgan fingerprint density at radius 3 is 2.33 bits per heavy atom. The summed E-state index contributed by atoms with van der Waals surface area (Å²) < 4.78 is 13.4. The molecule has 0 amide bonds. The SMILES string of the molecule is Cc1cc(N2CCN(c3ccccc3)CC2)nc(Nc2cccc(F)c2)n1. The van der Waals surface area contributed by atoms with Crippen molar-refractivity contribution >= 4 is 23.1 Å². The lowest BCUT2D eigenvalue weighted by Gasteiger charge is -2.36. The van der Waals surface area contributed by atoms with E-state index in [9.17, 15) is 4.39 Å². The molecule has 138 valence electrons. The number of aryl methyl sites for hydroxylation is 1. The smallest absolute Gasteiger partial charge is 0.229 e. The molecule has 3 aromatic rings. The van der Waals surface area contributed by atoms with Gasteiger partial charge in [0.05, 0.1) is 0 Å². The second-order valence-electron chi connectivity index (χ2n) is 6.64. The van der Waals surface area contributed by atoms with Crippen LogP contribution in [0.2, 0.25) is 0 Å². The summed E-state index contributed by atoms with van der Waals surface area (Å²) in [6.45, 7) is 5.62. The summed E-state index contributed by atoms with van der Waals surface area (Å²) >= 11 is 0. The minimum absolute atomic E-state index is 0.287. The van der Waals surface area contributed by atoms with Gasteiger partial charge in [0.2, 0.25) is 5.95 Å². The maximum absolute atomic E-state index is 13.4. The molecule has 27 heavy (non-hydrogen) atoms. The van der Waals surface area contributed by atoms with Crippen molar-refractivity contribution in [2.45, 2.75) is 6.92 Å². The third-order valence-corrected chi connectivity index (χ3v) is 4.65. The first-order chi connectivity index (χ1) is 13.2. The van der Waals surface area contributed by atoms with Crippen LogP contribution in [0.1, 0.15) is 5.69 Å². The van der Waals surface area contributed by atoms with E-state index in [-0.39, 0.29) is 5.82 Å². The van der Waals surface area contributed by atoms with E-state index in [1.54, 1.807) is 12.1 Å². The van der Waals surface area contributed by atoms with Crippen LogP contribution in [-0.2, 0) is 0 Å². The molecule has 0 bridgehead atoms. The van der Waals surface area contributed by atoms with Gasteiger partial charge in [0.1, 0.15) is 11.6 Å². The van der Waals surface area contributed by atoms with Crippen LogP contribution in [-0.4, -0.2) is 36.1 Å². The summed E-state index contributed by atoms with van der Waals surface area (Å²) in [5.74, 6) is 1.10. The molecule has 1 saturated heterocycles. The lowest BCUT2D eigenvalue weighted by atomic mass is 10.2. The Kier molecular flexibility index (Phi) is 4.87. The van der Waals surface area contributed by atoms with Crippen molar-refractivity contribution in [3.63, 3.8) is 0 Å². The molecule has 1 fully saturated rings. The summed E-state index contributed by atoms with van der Waals surface area (Å²) in [4.78, 5) is 13.7. The minimum atomic E-state index is -0.287. The Labute approximate surface area is 158 Å². The van der Waals surface area contributed by atoms with Gasteiger partial charge < -0.3 is 15.1 Å². The Hall–Kier alpha value is -3.15. The molecule has 1 aliphatic heterocycles. The van der Waals surface area contributed by atoms with Gasteiger partial charge in [0.25, 0.3) is 0 Å². The number of nitrogens with zero attached hydrogens (tertiary/aromatic N) is 4. The molecule has 0 unspecified atom stereocenters. The van der Waals surface area contributed by atoms with Crippen molar-refractivity contribution in [3.05, 3.63) is 72.2 Å². The maximum atomic E-state index is 13.4. The summed E-state index contributed by atoms with van der Waals surface area (Å²) in [5, 5.41) is 3.10. The highest BCUT2D eigenvalue weighted by atomic mass is 19.1. The molecule has 1 aliphatic rings. The molecule has 2 heterocycles. The van der Waals surface area contributed by atoms with Crippen LogP contribution in [0.3, 0.4) is 0 Å². The second kappa shape index (κ2) is 7.61. The quantitative estimate of drug-likeness (QED) is 0.759. The third kappa shape index (κ3) is 4.16. The second-order valence-corrected chi connectivity index (χ2v) is 6.64. The number of hydrogen-bond acceptors (Lipinski definition) is 5. The molecule has 6 heteroatoms. The van der Waals surface area contributed by atoms with Crippen molar-refractivity contribution < 1.29 is 4.39 Å². The van der Waals surface area contributed by atoms with Crippen LogP contribution in [0, 0.1) is 12.7 Å². The van der Waals surface area contributed by atoms with Crippen molar-refractivity contribution in [2.75, 3.05) is 41.3 Å². The third-order valence-electron chi connectivity index (χ3n) is 4.65. The van der Waals surface area contributed by atoms with E-state index < -0.39 is 0 Å². The molecular formula is C21H22FN5. The van der Waals surface area contributed by atoms with Gasteiger partial charge in [-0.3, -0.25) is 0 Å². The number of nitrogens with one attached hydrogen (secondary N) is 1. The Balaban J connectivity index is 1.47. The number of anilines is 4. The van der Waals surface area contributed by atoms with Crippen molar-refractivity contribution in [1.29, 1.82) is 0 Å². The zero-order chi connectivity index (χ0) is 18.6. The monoisotopic (exact) mass is 363 g/mol. The van der Waals surface area contributed by atoms with Crippen LogP contribution < -0.4 is 15.1 Å². The highest BCUT2D eigenvalue weighted by Gasteiger charge is 2.19. The lowest BCUT2D eigenvalue weighted by molar-refractivity contribution is 0.628. The van der Waals surface area contributed by atoms with Crippen LogP contribution >= 0.6 is 0 Å². The van der Waals surface area contributed by atoms with E-state index in [0.29, 0.717) is 11.6 Å². The fraction of sp³-hybridized carbons (Fsp3) is 0.238. The predicted octanol–water partition coefficient (Wildman–Crippen LogP) is 3.99. The maximum Gasteiger partial charge on any atom is 0.229 e. The van der Waals surface area contributed by atoms with Crippen molar-refractivity contribution in [1.82, 2.24) is 9.97 Å². The molecule has 0 radical (unpaired) electrons. The average molecular weight is 363 g/mol. The summed E-state index contributed by atoms with van der Waals surface area (Å²) in [6, 6.07) is 18.8. The van der Waals surface area contributed by atoms with Crippen LogP contribution in [0.4, 0.5) is 27.5 Å². The van der Waals surface area contributed by atoms with E-state index in [4.69, 9.17) is 0 Å². The van der Waals surface area contributed by atoms with Gasteiger partial charge in [-0.15, -0.1) is 0 Å². The number of halogens is 1. The van der Waals surface area contributed by atoms with E-state index in [1.165, 1.54) is 17.8 Å². The minimum Gasteiger partial charge on any atom is -0.368 e. The topological polar surface area (TPSA) is 44.3 Å². The summed E-state index contributed by atoms with van der Waals surface area (Å²) in [6.07, 6.45) is 0. The van der Waals surface area contributed by atoms with Crippen LogP contribution in [0.5, 0.6) is 0 Å². The van der Waals surface area contributed by atoms with Gasteiger partial charge in [-0.05, 0) is 37.3 Å². The normalized spacial score (nSPS) is 14.3. The van der Waals surface area contributed by atoms with E-state index in [0.717, 1.165) is 37.7 Å². The van der Waals surface area contributed by atoms with Gasteiger partial charge in [-0.25, -0.2) is 9.37 Å². The first-order valence-corrected chi connectivity index (χ1v) is 9.10. The zero-order valence-corrected chi connectivity index (χ0v) is 15.3. The first-order valence-electron chi connectivity index (χ1n) is 9.10. The predicted molar refractivity (Wildman–Crippen MR) is 107 cm³/mol. The summed E-state index contributed by atoms with van der Waals surface area (Å²) in [7, 11) is 0. The molecule has 0 spiro atoms. The number of hydrogen-bond donors (Lipinski definition) is 1. The van der Waals surface area contributed by atoms with Crippen LogP contribution in [0.15, 0.2) is 60.7 Å². The Morgan fingerprint density at radius 1 is 0.852 bits per heavy atom. The lowest BCUT2D eigenvalue weighted by Crippen LogP contribution is -2.46. The van der Waals surface area contributed by atoms with Gasteiger partial charge in [-0.2, -0.15) is 4.98 Å². The van der Waals surface area contributed by atoms with E-state index in [1.807, 2.05) is 19.1 Å². The highest BCUT2D eigenvalue weighted by Crippen LogP contribution is 2.22. The van der Waals surface area contributed by atoms with E-state index >= 15 is 0 Å². The highest BCUT2D eigenvalue weighted by molar-refractivity contribution is 5.56. The summed E-state index contributed by atoms with van der Waals surface area (Å²) in [5.41, 5.74) is 2.77. The Morgan fingerprint density at radius 2 is 1.59 bits per heavy atom. The molecular weight excluding hydrogens is 341 g/mol. The van der Waals surface area contributed by atoms with E-state index in [2.05, 4.69) is 49.4 Å². The number of rotatable bonds is 4. The fourth-order valence-electron chi connectivity index (χ4n) is 3.30. The molecule has 4 rings (SSSR count). The molecule has 5 nitrogen and oxygen atoms in total. The largest absolute Gasteiger partial charge is 0.368 e. The van der Waals surface area contributed by atoms with Crippen molar-refractivity contribution in [2.24, 2.45) is 0 Å². The molecule has 0 atom stereocenters. The molecule has 0 aliphatic carbocycles. The average Bonchev–Trinajstić information content (AvgIpc) is 2.68. The van der Waals surface area contributed by atoms with Crippen molar-refractivity contribution in [3.8, 4) is 0 Å². The fourth-order valence-corrected chi connectivity index (χ4v) is 3.30.